The van der Waals surface area contributed by atoms with E-state index in [4.69, 9.17) is 26.8 Å². The molecule has 2 N–H and O–H groups in total. The van der Waals surface area contributed by atoms with Gasteiger partial charge in [-0.05, 0) is 45.0 Å². The first kappa shape index (κ1) is 24.7. The molecule has 2 aromatic carbocycles. The van der Waals surface area contributed by atoms with E-state index in [0.29, 0.717) is 21.4 Å². The van der Waals surface area contributed by atoms with Crippen molar-refractivity contribution in [2.75, 3.05) is 20.1 Å². The van der Waals surface area contributed by atoms with Crippen molar-refractivity contribution in [3.8, 4) is 16.5 Å². The number of carbonyl (C=O) groups excluding carboxylic acids is 1. The number of likely N-dealkylation sites (tertiary alicyclic amines) is 1. The van der Waals surface area contributed by atoms with Crippen LogP contribution in [0.3, 0.4) is 0 Å². The second-order valence-corrected chi connectivity index (χ2v) is 10.7. The second kappa shape index (κ2) is 10.2. The largest absolute Gasteiger partial charge is 0.489 e. The molecule has 0 radical (unpaired) electrons. The molecule has 1 saturated heterocycles. The predicted octanol–water partition coefficient (Wildman–Crippen LogP) is 3.71. The minimum Gasteiger partial charge on any atom is -0.489 e. The smallest absolute Gasteiger partial charge is 0.262 e. The average molecular weight is 523 g/mol. The molecule has 36 heavy (non-hydrogen) atoms. The lowest BCUT2D eigenvalue weighted by Crippen LogP contribution is -2.35. The van der Waals surface area contributed by atoms with E-state index in [1.807, 2.05) is 61.8 Å². The highest BCUT2D eigenvalue weighted by Gasteiger charge is 2.24. The molecule has 1 unspecified atom stereocenters. The molecule has 1 atom stereocenters. The third-order valence-corrected chi connectivity index (χ3v) is 8.08. The Morgan fingerprint density at radius 2 is 2.00 bits per heavy atom. The van der Waals surface area contributed by atoms with Crippen LogP contribution in [0, 0.1) is 0 Å². The Hall–Kier alpha value is -3.01. The van der Waals surface area contributed by atoms with Gasteiger partial charge in [0.25, 0.3) is 5.91 Å². The lowest BCUT2D eigenvalue weighted by molar-refractivity contribution is 0.0998. The van der Waals surface area contributed by atoms with E-state index < -0.39 is 12.0 Å². The number of rotatable bonds is 7. The summed E-state index contributed by atoms with van der Waals surface area (Å²) < 4.78 is 14.5. The summed E-state index contributed by atoms with van der Waals surface area (Å²) in [6.07, 6.45) is 3.38. The lowest BCUT2D eigenvalue weighted by atomic mass is 9.96. The molecule has 7 nitrogen and oxygen atoms in total. The molecule has 0 aliphatic carbocycles. The van der Waals surface area contributed by atoms with E-state index >= 15 is 0 Å². The van der Waals surface area contributed by atoms with Crippen molar-refractivity contribution in [2.45, 2.75) is 32.0 Å². The Labute approximate surface area is 220 Å². The predicted molar refractivity (Wildman–Crippen MR) is 147 cm³/mol. The number of primary amides is 1. The van der Waals surface area contributed by atoms with Crippen LogP contribution in [0.4, 0.5) is 0 Å². The number of halogens is 1. The molecule has 2 aromatic heterocycles. The summed E-state index contributed by atoms with van der Waals surface area (Å²) in [5, 5.41) is 1.32. The summed E-state index contributed by atoms with van der Waals surface area (Å²) in [6.45, 7) is 3.91. The minimum atomic E-state index is -0.542. The van der Waals surface area contributed by atoms with Crippen LogP contribution in [0.5, 0.6) is 11.5 Å². The maximum Gasteiger partial charge on any atom is 0.262 e. The Morgan fingerprint density at radius 3 is 2.75 bits per heavy atom. The molecule has 0 saturated carbocycles. The van der Waals surface area contributed by atoms with Crippen molar-refractivity contribution >= 4 is 53.2 Å². The number of amides is 1. The van der Waals surface area contributed by atoms with Gasteiger partial charge in [0.1, 0.15) is 47.8 Å². The van der Waals surface area contributed by atoms with E-state index in [-0.39, 0.29) is 6.10 Å². The van der Waals surface area contributed by atoms with E-state index in [0.717, 1.165) is 53.0 Å². The number of piperidine rings is 1. The van der Waals surface area contributed by atoms with Gasteiger partial charge in [-0.1, -0.05) is 35.3 Å². The number of ether oxygens (including phenoxy) is 2. The molecule has 5 rings (SSSR count). The average Bonchev–Trinajstić information content (AvgIpc) is 3.45. The number of hydrogen-bond donors (Lipinski definition) is 1. The van der Waals surface area contributed by atoms with Gasteiger partial charge in [0, 0.05) is 24.7 Å². The first-order valence-electron chi connectivity index (χ1n) is 12.0. The van der Waals surface area contributed by atoms with Gasteiger partial charge in [-0.2, -0.15) is 0 Å². The molecule has 1 fully saturated rings. The molecule has 186 valence electrons. The zero-order valence-electron chi connectivity index (χ0n) is 20.5. The van der Waals surface area contributed by atoms with Crippen LogP contribution in [0.1, 0.15) is 41.1 Å². The Morgan fingerprint density at radius 1 is 1.22 bits per heavy atom. The third-order valence-electron chi connectivity index (χ3n) is 6.54. The van der Waals surface area contributed by atoms with Crippen molar-refractivity contribution in [2.24, 2.45) is 5.73 Å². The first-order valence-corrected chi connectivity index (χ1v) is 13.2. The molecule has 0 bridgehead atoms. The van der Waals surface area contributed by atoms with Gasteiger partial charge in [0.2, 0.25) is 0 Å². The van der Waals surface area contributed by atoms with Gasteiger partial charge in [0.15, 0.2) is 0 Å². The van der Waals surface area contributed by atoms with Crippen LogP contribution in [-0.4, -0.2) is 54.4 Å². The molecule has 1 amide bonds. The number of aromatic nitrogens is 2. The van der Waals surface area contributed by atoms with Crippen LogP contribution < -0.4 is 20.7 Å². The van der Waals surface area contributed by atoms with Gasteiger partial charge in [-0.15, -0.1) is 11.3 Å². The highest BCUT2D eigenvalue weighted by molar-refractivity contribution is 7.16. The second-order valence-electron chi connectivity index (χ2n) is 9.29. The number of nitrogens with two attached hydrogens (primary N) is 1. The summed E-state index contributed by atoms with van der Waals surface area (Å²) in [5.41, 5.74) is 9.46. The number of nitrogens with zero attached hydrogens (tertiary/aromatic N) is 3. The number of fused-ring (bicyclic) bond motifs is 1. The van der Waals surface area contributed by atoms with E-state index in [9.17, 15) is 4.79 Å². The van der Waals surface area contributed by atoms with Gasteiger partial charge in [-0.25, -0.2) is 4.98 Å². The fraction of sp³-hybridized carbons (Fsp3) is 0.308. The quantitative estimate of drug-likeness (QED) is 0.374. The van der Waals surface area contributed by atoms with Crippen molar-refractivity contribution in [3.63, 3.8) is 0 Å². The standard InChI is InChI=1S/C26H28BClN4O3S/c1-15(18-4-3-5-21(24(18)28)35-17-8-10-31(2)11-9-17)34-22-13-23(36-25(22)26(29)33)32-14-30-19-12-16(27)6-7-20(19)32/h3-7,12-15,17H,8-11,27H2,1-2H3,(H2,29,33). The summed E-state index contributed by atoms with van der Waals surface area (Å²) in [7, 11) is 4.15. The molecule has 0 spiro atoms. The fourth-order valence-electron chi connectivity index (χ4n) is 4.51. The van der Waals surface area contributed by atoms with Crippen LogP contribution in [-0.2, 0) is 0 Å². The van der Waals surface area contributed by atoms with Crippen LogP contribution in [0.25, 0.3) is 16.0 Å². The number of benzene rings is 2. The number of hydrogen-bond acceptors (Lipinski definition) is 6. The van der Waals surface area contributed by atoms with E-state index in [1.54, 1.807) is 6.33 Å². The highest BCUT2D eigenvalue weighted by Crippen LogP contribution is 2.39. The molecule has 1 aliphatic rings. The van der Waals surface area contributed by atoms with Crippen LogP contribution >= 0.6 is 22.9 Å². The Kier molecular flexibility index (Phi) is 6.97. The summed E-state index contributed by atoms with van der Waals surface area (Å²) in [5.74, 6) is 0.529. The number of imidazole rings is 1. The normalized spacial score (nSPS) is 15.8. The lowest BCUT2D eigenvalue weighted by Gasteiger charge is -2.30. The highest BCUT2D eigenvalue weighted by atomic mass is 35.5. The first-order chi connectivity index (χ1) is 17.3. The zero-order valence-corrected chi connectivity index (χ0v) is 22.1. The molecular formula is C26H28BClN4O3S. The van der Waals surface area contributed by atoms with E-state index in [2.05, 4.69) is 16.9 Å². The molecule has 4 aromatic rings. The third kappa shape index (κ3) is 4.96. The van der Waals surface area contributed by atoms with Crippen molar-refractivity contribution in [3.05, 3.63) is 64.3 Å². The maximum atomic E-state index is 12.3. The van der Waals surface area contributed by atoms with Crippen molar-refractivity contribution < 1.29 is 14.3 Å². The van der Waals surface area contributed by atoms with Crippen molar-refractivity contribution in [1.29, 1.82) is 0 Å². The minimum absolute atomic E-state index is 0.139. The summed E-state index contributed by atoms with van der Waals surface area (Å²) in [4.78, 5) is 19.4. The van der Waals surface area contributed by atoms with Crippen molar-refractivity contribution in [1.82, 2.24) is 14.5 Å². The van der Waals surface area contributed by atoms with Gasteiger partial charge >= 0.3 is 0 Å². The topological polar surface area (TPSA) is 82.6 Å². The summed E-state index contributed by atoms with van der Waals surface area (Å²) >= 11 is 8.04. The molecule has 10 heteroatoms. The Balaban J connectivity index is 1.40. The molecular weight excluding hydrogens is 495 g/mol. The maximum absolute atomic E-state index is 12.3. The SMILES string of the molecule is Bc1ccc2c(c1)ncn2-c1cc(OC(C)c2cccc(OC3CCN(C)CC3)c2Cl)c(C(N)=O)s1. The van der Waals surface area contributed by atoms with Gasteiger partial charge < -0.3 is 20.1 Å². The monoisotopic (exact) mass is 522 g/mol. The number of thiophene rings is 1. The molecule has 1 aliphatic heterocycles. The van der Waals surface area contributed by atoms with E-state index in [1.165, 1.54) is 11.3 Å². The van der Waals surface area contributed by atoms with Crippen LogP contribution in [0.2, 0.25) is 5.02 Å². The van der Waals surface area contributed by atoms with Crippen LogP contribution in [0.15, 0.2) is 48.8 Å². The van der Waals surface area contributed by atoms with Gasteiger partial charge in [-0.3, -0.25) is 9.36 Å². The number of carbonyl (C=O) groups is 1. The van der Waals surface area contributed by atoms with Gasteiger partial charge in [0.05, 0.1) is 16.1 Å². The zero-order chi connectivity index (χ0) is 25.4. The molecule has 3 heterocycles. The fourth-order valence-corrected chi connectivity index (χ4v) is 5.76. The Bertz CT molecular complexity index is 1410. The summed E-state index contributed by atoms with van der Waals surface area (Å²) in [6, 6.07) is 13.6.